The molecule has 1 rings (SSSR count). The van der Waals surface area contributed by atoms with Crippen LogP contribution in [0.1, 0.15) is 30.1 Å². The molecule has 17 heavy (non-hydrogen) atoms. The van der Waals surface area contributed by atoms with Gasteiger partial charge in [-0.15, -0.1) is 0 Å². The molecular formula is C10H20N4O2S. The zero-order chi connectivity index (χ0) is 13.1. The molecule has 6 nitrogen and oxygen atoms in total. The predicted octanol–water partition coefficient (Wildman–Crippen LogP) is 0.0577. The van der Waals surface area contributed by atoms with E-state index in [-0.39, 0.29) is 11.8 Å². The van der Waals surface area contributed by atoms with E-state index in [9.17, 15) is 8.42 Å². The number of hydrazine groups is 1. The van der Waals surface area contributed by atoms with Crippen molar-refractivity contribution in [2.75, 3.05) is 12.0 Å². The van der Waals surface area contributed by atoms with Crippen LogP contribution in [0.5, 0.6) is 0 Å². The van der Waals surface area contributed by atoms with Crippen LogP contribution in [0, 0.1) is 6.92 Å². The quantitative estimate of drug-likeness (QED) is 0.557. The van der Waals surface area contributed by atoms with Crippen LogP contribution in [0.15, 0.2) is 6.20 Å². The minimum absolute atomic E-state index is 0.0505. The van der Waals surface area contributed by atoms with E-state index in [0.717, 1.165) is 11.3 Å². The van der Waals surface area contributed by atoms with Gasteiger partial charge in [0.25, 0.3) is 0 Å². The standard InChI is InChI=1S/C10H20N4O2S/c1-8-9(7-14(2)13-8)10(12-11)5-4-6-17(3,15)16/h7,10,12H,4-6,11H2,1-3H3. The summed E-state index contributed by atoms with van der Waals surface area (Å²) in [7, 11) is -1.06. The smallest absolute Gasteiger partial charge is 0.147 e. The Labute approximate surface area is 102 Å². The molecule has 0 spiro atoms. The SMILES string of the molecule is Cc1nn(C)cc1C(CCCS(C)(=O)=O)NN. The molecule has 0 radical (unpaired) electrons. The third kappa shape index (κ3) is 4.45. The van der Waals surface area contributed by atoms with Gasteiger partial charge in [-0.25, -0.2) is 8.42 Å². The zero-order valence-corrected chi connectivity index (χ0v) is 11.3. The first-order valence-electron chi connectivity index (χ1n) is 5.47. The summed E-state index contributed by atoms with van der Waals surface area (Å²) in [6.07, 6.45) is 4.41. The first kappa shape index (κ1) is 14.1. The van der Waals surface area contributed by atoms with Gasteiger partial charge in [0.2, 0.25) is 0 Å². The number of aryl methyl sites for hydroxylation is 2. The van der Waals surface area contributed by atoms with Crippen molar-refractivity contribution in [3.8, 4) is 0 Å². The van der Waals surface area contributed by atoms with Crippen molar-refractivity contribution in [1.29, 1.82) is 0 Å². The molecule has 0 amide bonds. The van der Waals surface area contributed by atoms with Crippen molar-refractivity contribution in [3.63, 3.8) is 0 Å². The van der Waals surface area contributed by atoms with Crippen LogP contribution in [0.25, 0.3) is 0 Å². The number of aromatic nitrogens is 2. The van der Waals surface area contributed by atoms with Gasteiger partial charge >= 0.3 is 0 Å². The highest BCUT2D eigenvalue weighted by molar-refractivity contribution is 7.90. The van der Waals surface area contributed by atoms with E-state index in [1.165, 1.54) is 6.26 Å². The van der Waals surface area contributed by atoms with Crippen LogP contribution in [-0.4, -0.2) is 30.2 Å². The second kappa shape index (κ2) is 5.61. The van der Waals surface area contributed by atoms with E-state index in [1.807, 2.05) is 20.2 Å². The van der Waals surface area contributed by atoms with E-state index in [4.69, 9.17) is 5.84 Å². The molecule has 1 heterocycles. The molecule has 1 atom stereocenters. The Kier molecular flexibility index (Phi) is 4.67. The number of nitrogens with two attached hydrogens (primary N) is 1. The van der Waals surface area contributed by atoms with Crippen LogP contribution >= 0.6 is 0 Å². The lowest BCUT2D eigenvalue weighted by molar-refractivity contribution is 0.505. The summed E-state index contributed by atoms with van der Waals surface area (Å²) in [5.74, 6) is 5.68. The third-order valence-corrected chi connectivity index (χ3v) is 3.67. The highest BCUT2D eigenvalue weighted by Crippen LogP contribution is 2.20. The Bertz CT molecular complexity index is 467. The second-order valence-corrected chi connectivity index (χ2v) is 6.59. The first-order chi connectivity index (χ1) is 7.83. The molecule has 98 valence electrons. The molecule has 1 unspecified atom stereocenters. The topological polar surface area (TPSA) is 90.0 Å². The van der Waals surface area contributed by atoms with Crippen LogP contribution in [0.3, 0.4) is 0 Å². The predicted molar refractivity (Wildman–Crippen MR) is 67.0 cm³/mol. The highest BCUT2D eigenvalue weighted by Gasteiger charge is 2.15. The average molecular weight is 260 g/mol. The minimum atomic E-state index is -2.90. The van der Waals surface area contributed by atoms with Crippen LogP contribution < -0.4 is 11.3 Å². The van der Waals surface area contributed by atoms with E-state index in [2.05, 4.69) is 10.5 Å². The van der Waals surface area contributed by atoms with Gasteiger partial charge in [-0.05, 0) is 19.8 Å². The van der Waals surface area contributed by atoms with Gasteiger partial charge < -0.3 is 0 Å². The van der Waals surface area contributed by atoms with Crippen molar-refractivity contribution in [1.82, 2.24) is 15.2 Å². The molecule has 0 saturated carbocycles. The Morgan fingerprint density at radius 2 is 2.24 bits per heavy atom. The van der Waals surface area contributed by atoms with Gasteiger partial charge in [0.1, 0.15) is 9.84 Å². The molecule has 0 saturated heterocycles. The molecule has 1 aromatic heterocycles. The summed E-state index contributed by atoms with van der Waals surface area (Å²) in [6, 6.07) is -0.0505. The fourth-order valence-electron chi connectivity index (χ4n) is 1.84. The van der Waals surface area contributed by atoms with Crippen molar-refractivity contribution in [2.45, 2.75) is 25.8 Å². The van der Waals surface area contributed by atoms with Crippen molar-refractivity contribution >= 4 is 9.84 Å². The third-order valence-electron chi connectivity index (χ3n) is 2.64. The molecule has 0 aliphatic carbocycles. The molecule has 0 aliphatic heterocycles. The molecule has 0 fully saturated rings. The van der Waals surface area contributed by atoms with Crippen molar-refractivity contribution in [3.05, 3.63) is 17.5 Å². The lowest BCUT2D eigenvalue weighted by atomic mass is 10.0. The Morgan fingerprint density at radius 1 is 1.59 bits per heavy atom. The van der Waals surface area contributed by atoms with Crippen LogP contribution in [-0.2, 0) is 16.9 Å². The number of rotatable bonds is 6. The lowest BCUT2D eigenvalue weighted by Crippen LogP contribution is -2.28. The maximum absolute atomic E-state index is 11.0. The number of sulfone groups is 1. The Hall–Kier alpha value is -0.920. The maximum Gasteiger partial charge on any atom is 0.147 e. The molecule has 0 aliphatic rings. The monoisotopic (exact) mass is 260 g/mol. The van der Waals surface area contributed by atoms with E-state index in [0.29, 0.717) is 12.8 Å². The summed E-state index contributed by atoms with van der Waals surface area (Å²) in [6.45, 7) is 1.91. The normalized spacial score (nSPS) is 13.9. The molecule has 1 aromatic rings. The van der Waals surface area contributed by atoms with Gasteiger partial charge in [-0.3, -0.25) is 16.0 Å². The van der Waals surface area contributed by atoms with E-state index in [1.54, 1.807) is 4.68 Å². The summed E-state index contributed by atoms with van der Waals surface area (Å²) in [5, 5.41) is 4.24. The van der Waals surface area contributed by atoms with Crippen LogP contribution in [0.2, 0.25) is 0 Å². The molecule has 0 bridgehead atoms. The summed E-state index contributed by atoms with van der Waals surface area (Å²) in [5.41, 5.74) is 4.64. The van der Waals surface area contributed by atoms with Gasteiger partial charge in [0, 0.05) is 36.9 Å². The summed E-state index contributed by atoms with van der Waals surface area (Å²) >= 11 is 0. The fourth-order valence-corrected chi connectivity index (χ4v) is 2.53. The van der Waals surface area contributed by atoms with Gasteiger partial charge in [0.15, 0.2) is 0 Å². The van der Waals surface area contributed by atoms with Crippen LogP contribution in [0.4, 0.5) is 0 Å². The molecule has 7 heteroatoms. The molecule has 0 aromatic carbocycles. The molecule has 3 N–H and O–H groups in total. The zero-order valence-electron chi connectivity index (χ0n) is 10.5. The van der Waals surface area contributed by atoms with Gasteiger partial charge in [-0.2, -0.15) is 5.10 Å². The number of hydrogen-bond acceptors (Lipinski definition) is 5. The Morgan fingerprint density at radius 3 is 2.65 bits per heavy atom. The van der Waals surface area contributed by atoms with E-state index >= 15 is 0 Å². The van der Waals surface area contributed by atoms with Gasteiger partial charge in [-0.1, -0.05) is 0 Å². The summed E-state index contributed by atoms with van der Waals surface area (Å²) in [4.78, 5) is 0. The highest BCUT2D eigenvalue weighted by atomic mass is 32.2. The van der Waals surface area contributed by atoms with E-state index < -0.39 is 9.84 Å². The van der Waals surface area contributed by atoms with Crippen molar-refractivity contribution < 1.29 is 8.42 Å². The van der Waals surface area contributed by atoms with Gasteiger partial charge in [0.05, 0.1) is 5.69 Å². The lowest BCUT2D eigenvalue weighted by Gasteiger charge is -2.14. The fraction of sp³-hybridized carbons (Fsp3) is 0.700. The second-order valence-electron chi connectivity index (χ2n) is 4.33. The maximum atomic E-state index is 11.0. The largest absolute Gasteiger partial charge is 0.275 e. The summed E-state index contributed by atoms with van der Waals surface area (Å²) < 4.78 is 23.8. The number of hydrogen-bond donors (Lipinski definition) is 2. The number of nitrogens with zero attached hydrogens (tertiary/aromatic N) is 2. The Balaban J connectivity index is 2.63. The van der Waals surface area contributed by atoms with Crippen molar-refractivity contribution in [2.24, 2.45) is 12.9 Å². The minimum Gasteiger partial charge on any atom is -0.275 e. The molecular weight excluding hydrogens is 240 g/mol. The average Bonchev–Trinajstić information content (AvgIpc) is 2.51. The number of nitrogens with one attached hydrogen (secondary N) is 1. The first-order valence-corrected chi connectivity index (χ1v) is 7.53.